The first kappa shape index (κ1) is 10.3. The lowest BCUT2D eigenvalue weighted by molar-refractivity contribution is 0.528. The first-order valence-corrected chi connectivity index (χ1v) is 5.12. The van der Waals surface area contributed by atoms with Gasteiger partial charge in [-0.2, -0.15) is 12.6 Å². The van der Waals surface area contributed by atoms with E-state index in [0.717, 1.165) is 11.1 Å². The van der Waals surface area contributed by atoms with Crippen LogP contribution >= 0.6 is 12.6 Å². The molecule has 0 radical (unpaired) electrons. The average Bonchev–Trinajstić information content (AvgIpc) is 2.54. The maximum absolute atomic E-state index is 11.2. The number of hydrogen-bond acceptors (Lipinski definition) is 4. The molecule has 1 atom stereocenters. The molecule has 2 aromatic rings. The summed E-state index contributed by atoms with van der Waals surface area (Å²) in [6.07, 6.45) is 0. The standard InChI is InChI=1S/C10H12N2O2S/c1-12-7-4-6(9(15)5-11)2-3-8(7)14-10(12)13/h2-4,9,15H,5,11H2,1H3. The smallest absolute Gasteiger partial charge is 0.408 e. The second kappa shape index (κ2) is 3.75. The molecule has 15 heavy (non-hydrogen) atoms. The zero-order chi connectivity index (χ0) is 11.0. The molecule has 80 valence electrons. The molecule has 1 aromatic carbocycles. The first-order valence-electron chi connectivity index (χ1n) is 4.61. The van der Waals surface area contributed by atoms with Gasteiger partial charge in [-0.05, 0) is 17.7 Å². The molecular formula is C10H12N2O2S. The fourth-order valence-corrected chi connectivity index (χ4v) is 1.65. The largest absolute Gasteiger partial charge is 0.419 e. The van der Waals surface area contributed by atoms with Crippen molar-refractivity contribution in [3.63, 3.8) is 0 Å². The van der Waals surface area contributed by atoms with Crippen LogP contribution in [0, 0.1) is 0 Å². The number of aryl methyl sites for hydroxylation is 1. The van der Waals surface area contributed by atoms with Crippen molar-refractivity contribution < 1.29 is 4.42 Å². The molecule has 0 aliphatic carbocycles. The van der Waals surface area contributed by atoms with E-state index in [1.807, 2.05) is 12.1 Å². The molecule has 1 unspecified atom stereocenters. The monoisotopic (exact) mass is 224 g/mol. The maximum Gasteiger partial charge on any atom is 0.419 e. The minimum absolute atomic E-state index is 0.0144. The molecule has 0 aliphatic rings. The number of rotatable bonds is 2. The van der Waals surface area contributed by atoms with Crippen molar-refractivity contribution in [2.75, 3.05) is 6.54 Å². The molecule has 0 aliphatic heterocycles. The normalized spacial score (nSPS) is 13.3. The van der Waals surface area contributed by atoms with Gasteiger partial charge < -0.3 is 10.2 Å². The minimum Gasteiger partial charge on any atom is -0.408 e. The average molecular weight is 224 g/mol. The van der Waals surface area contributed by atoms with Gasteiger partial charge in [-0.15, -0.1) is 0 Å². The minimum atomic E-state index is -0.356. The van der Waals surface area contributed by atoms with Gasteiger partial charge in [0.25, 0.3) is 0 Å². The van der Waals surface area contributed by atoms with Crippen molar-refractivity contribution in [3.8, 4) is 0 Å². The number of benzene rings is 1. The van der Waals surface area contributed by atoms with Crippen LogP contribution in [0.25, 0.3) is 11.1 Å². The maximum atomic E-state index is 11.2. The first-order chi connectivity index (χ1) is 7.13. The highest BCUT2D eigenvalue weighted by Gasteiger charge is 2.09. The summed E-state index contributed by atoms with van der Waals surface area (Å²) in [4.78, 5) is 11.2. The Kier molecular flexibility index (Phi) is 2.58. The van der Waals surface area contributed by atoms with E-state index in [0.29, 0.717) is 12.1 Å². The van der Waals surface area contributed by atoms with Gasteiger partial charge in [-0.1, -0.05) is 6.07 Å². The van der Waals surface area contributed by atoms with E-state index >= 15 is 0 Å². The molecule has 5 heteroatoms. The summed E-state index contributed by atoms with van der Waals surface area (Å²) in [5.41, 5.74) is 7.87. The fourth-order valence-electron chi connectivity index (χ4n) is 1.49. The second-order valence-electron chi connectivity index (χ2n) is 3.41. The molecule has 2 rings (SSSR count). The topological polar surface area (TPSA) is 61.2 Å². The lowest BCUT2D eigenvalue weighted by atomic mass is 10.1. The Labute approximate surface area is 92.1 Å². The summed E-state index contributed by atoms with van der Waals surface area (Å²) in [7, 11) is 1.67. The van der Waals surface area contributed by atoms with Gasteiger partial charge in [0.1, 0.15) is 0 Å². The van der Waals surface area contributed by atoms with Crippen LogP contribution in [0.15, 0.2) is 27.4 Å². The number of hydrogen-bond donors (Lipinski definition) is 2. The van der Waals surface area contributed by atoms with Gasteiger partial charge in [-0.3, -0.25) is 4.57 Å². The molecule has 0 fully saturated rings. The van der Waals surface area contributed by atoms with E-state index in [4.69, 9.17) is 10.2 Å². The number of fused-ring (bicyclic) bond motifs is 1. The number of aromatic nitrogens is 1. The van der Waals surface area contributed by atoms with Crippen molar-refractivity contribution in [1.82, 2.24) is 4.57 Å². The van der Waals surface area contributed by atoms with Crippen LogP contribution in [0.5, 0.6) is 0 Å². The Hall–Kier alpha value is -1.20. The van der Waals surface area contributed by atoms with Crippen molar-refractivity contribution in [2.45, 2.75) is 5.25 Å². The Morgan fingerprint density at radius 3 is 3.00 bits per heavy atom. The molecule has 0 spiro atoms. The third-order valence-electron chi connectivity index (χ3n) is 2.42. The number of thiol groups is 1. The van der Waals surface area contributed by atoms with Gasteiger partial charge >= 0.3 is 5.76 Å². The van der Waals surface area contributed by atoms with Crippen molar-refractivity contribution in [1.29, 1.82) is 0 Å². The van der Waals surface area contributed by atoms with Crippen LogP contribution in [0.3, 0.4) is 0 Å². The zero-order valence-corrected chi connectivity index (χ0v) is 9.20. The third-order valence-corrected chi connectivity index (χ3v) is 2.93. The highest BCUT2D eigenvalue weighted by atomic mass is 32.1. The summed E-state index contributed by atoms with van der Waals surface area (Å²) < 4.78 is 6.49. The van der Waals surface area contributed by atoms with Crippen molar-refractivity contribution >= 4 is 23.7 Å². The quantitative estimate of drug-likeness (QED) is 0.750. The highest BCUT2D eigenvalue weighted by molar-refractivity contribution is 7.80. The molecule has 2 N–H and O–H groups in total. The van der Waals surface area contributed by atoms with Crippen molar-refractivity contribution in [3.05, 3.63) is 34.3 Å². The summed E-state index contributed by atoms with van der Waals surface area (Å²) in [5.74, 6) is -0.356. The van der Waals surface area contributed by atoms with E-state index in [-0.39, 0.29) is 11.0 Å². The van der Waals surface area contributed by atoms with E-state index in [9.17, 15) is 4.79 Å². The molecule has 0 bridgehead atoms. The Bertz CT molecular complexity index is 544. The van der Waals surface area contributed by atoms with Crippen LogP contribution in [-0.4, -0.2) is 11.1 Å². The number of nitrogens with two attached hydrogens (primary N) is 1. The molecule has 0 amide bonds. The Morgan fingerprint density at radius 1 is 1.60 bits per heavy atom. The number of nitrogens with zero attached hydrogens (tertiary/aromatic N) is 1. The van der Waals surface area contributed by atoms with Gasteiger partial charge in [0, 0.05) is 18.8 Å². The number of oxazole rings is 1. The van der Waals surface area contributed by atoms with Crippen LogP contribution in [0.4, 0.5) is 0 Å². The van der Waals surface area contributed by atoms with Gasteiger partial charge in [0.2, 0.25) is 0 Å². The van der Waals surface area contributed by atoms with Gasteiger partial charge in [0.05, 0.1) is 5.52 Å². The molecule has 0 saturated carbocycles. The lowest BCUT2D eigenvalue weighted by Gasteiger charge is -2.07. The predicted molar refractivity (Wildman–Crippen MR) is 62.2 cm³/mol. The highest BCUT2D eigenvalue weighted by Crippen LogP contribution is 2.22. The van der Waals surface area contributed by atoms with Gasteiger partial charge in [0.15, 0.2) is 5.58 Å². The molecule has 4 nitrogen and oxygen atoms in total. The van der Waals surface area contributed by atoms with Crippen LogP contribution in [-0.2, 0) is 7.05 Å². The molecule has 1 heterocycles. The van der Waals surface area contributed by atoms with Gasteiger partial charge in [-0.25, -0.2) is 4.79 Å². The van der Waals surface area contributed by atoms with Crippen LogP contribution in [0.1, 0.15) is 10.8 Å². The molecular weight excluding hydrogens is 212 g/mol. The second-order valence-corrected chi connectivity index (χ2v) is 4.03. The summed E-state index contributed by atoms with van der Waals surface area (Å²) >= 11 is 4.34. The molecule has 1 aromatic heterocycles. The zero-order valence-electron chi connectivity index (χ0n) is 8.30. The van der Waals surface area contributed by atoms with E-state index in [1.54, 1.807) is 13.1 Å². The van der Waals surface area contributed by atoms with E-state index < -0.39 is 0 Å². The van der Waals surface area contributed by atoms with Crippen LogP contribution < -0.4 is 11.5 Å². The summed E-state index contributed by atoms with van der Waals surface area (Å²) in [6, 6.07) is 5.52. The SMILES string of the molecule is Cn1c(=O)oc2ccc(C(S)CN)cc21. The fraction of sp³-hybridized carbons (Fsp3) is 0.300. The third kappa shape index (κ3) is 1.68. The summed E-state index contributed by atoms with van der Waals surface area (Å²) in [6.45, 7) is 0.459. The predicted octanol–water partition coefficient (Wildman–Crippen LogP) is 1.06. The summed E-state index contributed by atoms with van der Waals surface area (Å²) in [5, 5.41) is -0.0144. The van der Waals surface area contributed by atoms with E-state index in [2.05, 4.69) is 12.6 Å². The molecule has 0 saturated heterocycles. The van der Waals surface area contributed by atoms with E-state index in [1.165, 1.54) is 4.57 Å². The lowest BCUT2D eigenvalue weighted by Crippen LogP contribution is -2.09. The van der Waals surface area contributed by atoms with Crippen molar-refractivity contribution in [2.24, 2.45) is 12.8 Å². The Balaban J connectivity index is 2.64. The Morgan fingerprint density at radius 2 is 2.33 bits per heavy atom. The van der Waals surface area contributed by atoms with Crippen LogP contribution in [0.2, 0.25) is 0 Å².